The molecule has 5 nitrogen and oxygen atoms in total. The van der Waals surface area contributed by atoms with Crippen LogP contribution in [0, 0.1) is 32.1 Å². The molecule has 0 radical (unpaired) electrons. The Morgan fingerprint density at radius 2 is 2.09 bits per heavy atom. The molecular formula is C18H25N3O2. The number of carbonyl (C=O) groups is 1. The molecule has 0 bridgehead atoms. The molecule has 1 unspecified atom stereocenters. The summed E-state index contributed by atoms with van der Waals surface area (Å²) < 4.78 is 5.62. The highest BCUT2D eigenvalue weighted by Gasteiger charge is 2.22. The van der Waals surface area contributed by atoms with Gasteiger partial charge in [-0.25, -0.2) is 4.79 Å². The highest BCUT2D eigenvalue weighted by Crippen LogP contribution is 2.21. The molecule has 1 atom stereocenters. The van der Waals surface area contributed by atoms with E-state index in [2.05, 4.69) is 24.4 Å². The summed E-state index contributed by atoms with van der Waals surface area (Å²) in [5, 5.41) is 11.8. The Balaban J connectivity index is 2.07. The van der Waals surface area contributed by atoms with Crippen molar-refractivity contribution in [2.75, 3.05) is 25.0 Å². The Hall–Kier alpha value is -2.06. The van der Waals surface area contributed by atoms with E-state index >= 15 is 0 Å². The number of hydrogen-bond acceptors (Lipinski definition) is 3. The van der Waals surface area contributed by atoms with Gasteiger partial charge in [-0.15, -0.1) is 0 Å². The molecule has 1 aromatic rings. The largest absolute Gasteiger partial charge is 0.376 e. The summed E-state index contributed by atoms with van der Waals surface area (Å²) in [6.45, 7) is 7.80. The number of carbonyl (C=O) groups excluding carboxylic acids is 1. The zero-order chi connectivity index (χ0) is 16.8. The number of benzene rings is 1. The lowest BCUT2D eigenvalue weighted by molar-refractivity contribution is 0.0841. The maximum Gasteiger partial charge on any atom is 0.321 e. The molecule has 1 fully saturated rings. The van der Waals surface area contributed by atoms with Crippen molar-refractivity contribution >= 4 is 11.7 Å². The highest BCUT2D eigenvalue weighted by molar-refractivity contribution is 5.90. The number of nitrogens with zero attached hydrogens (tertiary/aromatic N) is 2. The van der Waals surface area contributed by atoms with E-state index in [1.54, 1.807) is 4.90 Å². The van der Waals surface area contributed by atoms with E-state index in [0.29, 0.717) is 19.5 Å². The van der Waals surface area contributed by atoms with Crippen LogP contribution in [0.3, 0.4) is 0 Å². The van der Waals surface area contributed by atoms with E-state index in [9.17, 15) is 4.79 Å². The predicted octanol–water partition coefficient (Wildman–Crippen LogP) is 3.54. The first-order valence-corrected chi connectivity index (χ1v) is 8.13. The Bertz CT molecular complexity index is 601. The number of aryl methyl sites for hydroxylation is 3. The zero-order valence-corrected chi connectivity index (χ0v) is 14.2. The van der Waals surface area contributed by atoms with Gasteiger partial charge in [0.2, 0.25) is 0 Å². The number of nitriles is 1. The van der Waals surface area contributed by atoms with E-state index in [4.69, 9.17) is 10.00 Å². The van der Waals surface area contributed by atoms with E-state index in [1.165, 1.54) is 5.56 Å². The minimum absolute atomic E-state index is 0.0836. The molecule has 0 saturated carbocycles. The SMILES string of the molecule is Cc1cc(C)c(NC(=O)N(CCC#N)CC2CCCO2)cc1C. The van der Waals surface area contributed by atoms with Crippen LogP contribution in [-0.2, 0) is 4.74 Å². The second-order valence-electron chi connectivity index (χ2n) is 6.17. The van der Waals surface area contributed by atoms with Crippen molar-refractivity contribution in [3.8, 4) is 6.07 Å². The maximum absolute atomic E-state index is 12.6. The van der Waals surface area contributed by atoms with Gasteiger partial charge in [0, 0.05) is 25.4 Å². The number of ether oxygens (including phenoxy) is 1. The smallest absolute Gasteiger partial charge is 0.321 e. The van der Waals surface area contributed by atoms with Crippen LogP contribution in [0.25, 0.3) is 0 Å². The van der Waals surface area contributed by atoms with Crippen molar-refractivity contribution in [3.05, 3.63) is 28.8 Å². The van der Waals surface area contributed by atoms with Gasteiger partial charge in [0.25, 0.3) is 0 Å². The third kappa shape index (κ3) is 4.70. The monoisotopic (exact) mass is 315 g/mol. The van der Waals surface area contributed by atoms with Crippen LogP contribution < -0.4 is 5.32 Å². The van der Waals surface area contributed by atoms with Gasteiger partial charge < -0.3 is 15.0 Å². The Kier molecular flexibility index (Phi) is 6.00. The summed E-state index contributed by atoms with van der Waals surface area (Å²) in [7, 11) is 0. The number of anilines is 1. The molecule has 0 spiro atoms. The number of hydrogen-bond donors (Lipinski definition) is 1. The Labute approximate surface area is 138 Å². The zero-order valence-electron chi connectivity index (χ0n) is 14.2. The van der Waals surface area contributed by atoms with Gasteiger partial charge in [-0.2, -0.15) is 5.26 Å². The molecule has 1 aromatic carbocycles. The summed E-state index contributed by atoms with van der Waals surface area (Å²) in [4.78, 5) is 14.3. The van der Waals surface area contributed by atoms with Gasteiger partial charge in [0.05, 0.1) is 18.6 Å². The van der Waals surface area contributed by atoms with Crippen molar-refractivity contribution in [1.29, 1.82) is 5.26 Å². The average molecular weight is 315 g/mol. The lowest BCUT2D eigenvalue weighted by Gasteiger charge is -2.25. The molecule has 23 heavy (non-hydrogen) atoms. The number of rotatable bonds is 5. The molecule has 2 amide bonds. The normalized spacial score (nSPS) is 16.9. The fourth-order valence-corrected chi connectivity index (χ4v) is 2.78. The molecule has 1 aliphatic heterocycles. The van der Waals surface area contributed by atoms with Gasteiger partial charge in [-0.1, -0.05) is 6.07 Å². The maximum atomic E-state index is 12.6. The van der Waals surface area contributed by atoms with Gasteiger partial charge in [-0.3, -0.25) is 0 Å². The number of urea groups is 1. The summed E-state index contributed by atoms with van der Waals surface area (Å²) in [6, 6.07) is 6.01. The van der Waals surface area contributed by atoms with Crippen LogP contribution in [0.5, 0.6) is 0 Å². The molecule has 1 aliphatic rings. The summed E-state index contributed by atoms with van der Waals surface area (Å²) in [5.41, 5.74) is 4.22. The van der Waals surface area contributed by atoms with Gasteiger partial charge >= 0.3 is 6.03 Å². The van der Waals surface area contributed by atoms with Crippen molar-refractivity contribution in [2.24, 2.45) is 0 Å². The molecule has 0 aliphatic carbocycles. The molecule has 0 aromatic heterocycles. The predicted molar refractivity (Wildman–Crippen MR) is 90.4 cm³/mol. The first-order chi connectivity index (χ1) is 11.0. The van der Waals surface area contributed by atoms with Crippen molar-refractivity contribution in [2.45, 2.75) is 46.1 Å². The summed E-state index contributed by atoms with van der Waals surface area (Å²) in [6.07, 6.45) is 2.42. The van der Waals surface area contributed by atoms with Gasteiger partial charge in [-0.05, 0) is 56.4 Å². The van der Waals surface area contributed by atoms with E-state index in [1.807, 2.05) is 19.9 Å². The third-order valence-corrected chi connectivity index (χ3v) is 4.31. The lowest BCUT2D eigenvalue weighted by atomic mass is 10.1. The van der Waals surface area contributed by atoms with Gasteiger partial charge in [0.1, 0.15) is 0 Å². The summed E-state index contributed by atoms with van der Waals surface area (Å²) >= 11 is 0. The molecule has 2 rings (SSSR count). The second-order valence-corrected chi connectivity index (χ2v) is 6.17. The van der Waals surface area contributed by atoms with E-state index in [0.717, 1.165) is 36.3 Å². The molecule has 1 N–H and O–H groups in total. The third-order valence-electron chi connectivity index (χ3n) is 4.31. The van der Waals surface area contributed by atoms with Crippen LogP contribution in [0.2, 0.25) is 0 Å². The highest BCUT2D eigenvalue weighted by atomic mass is 16.5. The van der Waals surface area contributed by atoms with Crippen LogP contribution in [0.4, 0.5) is 10.5 Å². The van der Waals surface area contributed by atoms with Crippen molar-refractivity contribution in [1.82, 2.24) is 4.90 Å². The molecule has 1 saturated heterocycles. The molecular weight excluding hydrogens is 290 g/mol. The van der Waals surface area contributed by atoms with E-state index in [-0.39, 0.29) is 12.1 Å². The standard InChI is InChI=1S/C18H25N3O2/c1-13-10-15(3)17(11-14(13)2)20-18(22)21(8-5-7-19)12-16-6-4-9-23-16/h10-11,16H,4-6,8-9,12H2,1-3H3,(H,20,22). The Morgan fingerprint density at radius 3 is 2.74 bits per heavy atom. The van der Waals surface area contributed by atoms with Gasteiger partial charge in [0.15, 0.2) is 0 Å². The quantitative estimate of drug-likeness (QED) is 0.904. The molecule has 124 valence electrons. The minimum Gasteiger partial charge on any atom is -0.376 e. The second kappa shape index (κ2) is 7.98. The average Bonchev–Trinajstić information content (AvgIpc) is 3.02. The van der Waals surface area contributed by atoms with E-state index < -0.39 is 0 Å². The lowest BCUT2D eigenvalue weighted by Crippen LogP contribution is -2.40. The van der Waals surface area contributed by atoms with Crippen LogP contribution in [-0.4, -0.2) is 36.7 Å². The van der Waals surface area contributed by atoms with Crippen LogP contribution >= 0.6 is 0 Å². The fraction of sp³-hybridized carbons (Fsp3) is 0.556. The number of nitrogens with one attached hydrogen (secondary N) is 1. The first-order valence-electron chi connectivity index (χ1n) is 8.13. The Morgan fingerprint density at radius 1 is 1.35 bits per heavy atom. The fourth-order valence-electron chi connectivity index (χ4n) is 2.78. The topological polar surface area (TPSA) is 65.4 Å². The molecule has 1 heterocycles. The number of amides is 2. The van der Waals surface area contributed by atoms with Crippen molar-refractivity contribution in [3.63, 3.8) is 0 Å². The molecule has 5 heteroatoms. The van der Waals surface area contributed by atoms with Crippen molar-refractivity contribution < 1.29 is 9.53 Å². The summed E-state index contributed by atoms with van der Waals surface area (Å²) in [5.74, 6) is 0. The first kappa shape index (κ1) is 17.3. The van der Waals surface area contributed by atoms with Crippen LogP contribution in [0.15, 0.2) is 12.1 Å². The van der Waals surface area contributed by atoms with Crippen LogP contribution in [0.1, 0.15) is 36.0 Å². The minimum atomic E-state index is -0.165.